The van der Waals surface area contributed by atoms with E-state index >= 15 is 0 Å². The summed E-state index contributed by atoms with van der Waals surface area (Å²) < 4.78 is 28.1. The number of carbonyl (C=O) groups is 1. The van der Waals surface area contributed by atoms with Crippen LogP contribution < -0.4 is 16.6 Å². The van der Waals surface area contributed by atoms with E-state index in [1.807, 2.05) is 0 Å². The molecule has 0 fully saturated rings. The molecule has 3 rings (SSSR count). The van der Waals surface area contributed by atoms with Gasteiger partial charge < -0.3 is 5.32 Å². The molecule has 0 bridgehead atoms. The SMILES string of the molecule is CCN(CC)S(=O)(=O)c1ccc(C)c(NC(=O)c2cnc3c(c2)c(=O)[nH]c(=O)n3C)c1. The number of benzene rings is 1. The molecule has 2 N–H and O–H groups in total. The lowest BCUT2D eigenvalue weighted by molar-refractivity contribution is 0.102. The number of aromatic amines is 1. The number of fused-ring (bicyclic) bond motifs is 1. The first-order valence-corrected chi connectivity index (χ1v) is 11.0. The van der Waals surface area contributed by atoms with Crippen LogP contribution in [0.5, 0.6) is 0 Å². The number of aryl methyl sites for hydroxylation is 2. The third kappa shape index (κ3) is 4.14. The molecule has 0 saturated carbocycles. The van der Waals surface area contributed by atoms with E-state index in [9.17, 15) is 22.8 Å². The zero-order valence-corrected chi connectivity index (χ0v) is 18.4. The second-order valence-corrected chi connectivity index (χ2v) is 8.87. The van der Waals surface area contributed by atoms with Gasteiger partial charge in [-0.1, -0.05) is 19.9 Å². The fraction of sp³-hybridized carbons (Fsp3) is 0.300. The van der Waals surface area contributed by atoms with Crippen molar-refractivity contribution in [3.8, 4) is 0 Å². The van der Waals surface area contributed by atoms with Crippen LogP contribution in [0.25, 0.3) is 11.0 Å². The monoisotopic (exact) mass is 445 g/mol. The molecule has 31 heavy (non-hydrogen) atoms. The molecule has 11 heteroatoms. The van der Waals surface area contributed by atoms with E-state index in [1.54, 1.807) is 26.8 Å². The highest BCUT2D eigenvalue weighted by atomic mass is 32.2. The van der Waals surface area contributed by atoms with Gasteiger partial charge in [0.05, 0.1) is 15.8 Å². The zero-order chi connectivity index (χ0) is 22.9. The standard InChI is InChI=1S/C20H23N5O5S/c1-5-25(6-2)31(29,30)14-8-7-12(3)16(10-14)22-18(26)13-9-15-17(21-11-13)24(4)20(28)23-19(15)27/h7-11H,5-6H2,1-4H3,(H,22,26)(H,23,27,28). The Balaban J connectivity index is 1.99. The number of H-pyrrole nitrogens is 1. The van der Waals surface area contributed by atoms with E-state index in [-0.39, 0.29) is 21.5 Å². The lowest BCUT2D eigenvalue weighted by atomic mass is 10.1. The average molecular weight is 446 g/mol. The van der Waals surface area contributed by atoms with Gasteiger partial charge in [0, 0.05) is 32.0 Å². The van der Waals surface area contributed by atoms with E-state index in [0.29, 0.717) is 24.3 Å². The molecular formula is C20H23N5O5S. The van der Waals surface area contributed by atoms with E-state index in [2.05, 4.69) is 15.3 Å². The summed E-state index contributed by atoms with van der Waals surface area (Å²) in [5.41, 5.74) is -0.0248. The molecule has 0 spiro atoms. The first-order valence-electron chi connectivity index (χ1n) is 9.61. The summed E-state index contributed by atoms with van der Waals surface area (Å²) in [7, 11) is -2.24. The van der Waals surface area contributed by atoms with Crippen molar-refractivity contribution >= 4 is 32.7 Å². The van der Waals surface area contributed by atoms with Crippen molar-refractivity contribution in [2.75, 3.05) is 18.4 Å². The van der Waals surface area contributed by atoms with E-state index < -0.39 is 27.2 Å². The summed E-state index contributed by atoms with van der Waals surface area (Å²) in [4.78, 5) is 42.9. The zero-order valence-electron chi connectivity index (χ0n) is 17.6. The van der Waals surface area contributed by atoms with Crippen molar-refractivity contribution in [1.82, 2.24) is 18.8 Å². The number of anilines is 1. The van der Waals surface area contributed by atoms with Gasteiger partial charge in [-0.05, 0) is 30.7 Å². The minimum Gasteiger partial charge on any atom is -0.322 e. The van der Waals surface area contributed by atoms with E-state index in [0.717, 1.165) is 0 Å². The Morgan fingerprint density at radius 2 is 1.87 bits per heavy atom. The lowest BCUT2D eigenvalue weighted by Crippen LogP contribution is -2.30. The summed E-state index contributed by atoms with van der Waals surface area (Å²) >= 11 is 0. The Bertz CT molecular complexity index is 1390. The van der Waals surface area contributed by atoms with Crippen LogP contribution in [0.3, 0.4) is 0 Å². The van der Waals surface area contributed by atoms with Gasteiger partial charge in [0.2, 0.25) is 10.0 Å². The summed E-state index contributed by atoms with van der Waals surface area (Å²) in [5, 5.41) is 2.77. The predicted molar refractivity (Wildman–Crippen MR) is 117 cm³/mol. The molecule has 2 heterocycles. The van der Waals surface area contributed by atoms with Crippen LogP contribution in [0.15, 0.2) is 44.9 Å². The molecule has 0 saturated heterocycles. The molecule has 3 aromatic rings. The third-order valence-corrected chi connectivity index (χ3v) is 7.06. The third-order valence-electron chi connectivity index (χ3n) is 5.02. The highest BCUT2D eigenvalue weighted by Gasteiger charge is 2.23. The number of sulfonamides is 1. The normalized spacial score (nSPS) is 11.8. The summed E-state index contributed by atoms with van der Waals surface area (Å²) in [6, 6.07) is 5.86. The fourth-order valence-electron chi connectivity index (χ4n) is 3.16. The quantitative estimate of drug-likeness (QED) is 0.586. The maximum absolute atomic E-state index is 12.8. The topological polar surface area (TPSA) is 134 Å². The first-order chi connectivity index (χ1) is 14.6. The largest absolute Gasteiger partial charge is 0.329 e. The molecule has 0 atom stereocenters. The van der Waals surface area contributed by atoms with Crippen molar-refractivity contribution in [3.05, 3.63) is 62.4 Å². The molecule has 0 aliphatic heterocycles. The second-order valence-electron chi connectivity index (χ2n) is 6.93. The van der Waals surface area contributed by atoms with Crippen LogP contribution in [-0.4, -0.2) is 46.3 Å². The number of carbonyl (C=O) groups excluding carboxylic acids is 1. The average Bonchev–Trinajstić information content (AvgIpc) is 2.73. The molecule has 0 aliphatic rings. The van der Waals surface area contributed by atoms with Crippen LogP contribution in [0.4, 0.5) is 5.69 Å². The van der Waals surface area contributed by atoms with Crippen LogP contribution in [0, 0.1) is 6.92 Å². The summed E-state index contributed by atoms with van der Waals surface area (Å²) in [6.07, 6.45) is 1.25. The van der Waals surface area contributed by atoms with Crippen molar-refractivity contribution < 1.29 is 13.2 Å². The number of nitrogens with zero attached hydrogens (tertiary/aromatic N) is 3. The lowest BCUT2D eigenvalue weighted by Gasteiger charge is -2.19. The van der Waals surface area contributed by atoms with Gasteiger partial charge in [0.15, 0.2) is 0 Å². The number of rotatable bonds is 6. The van der Waals surface area contributed by atoms with Gasteiger partial charge in [-0.2, -0.15) is 4.31 Å². The number of amides is 1. The predicted octanol–water partition coefficient (Wildman–Crippen LogP) is 1.21. The van der Waals surface area contributed by atoms with Crippen molar-refractivity contribution in [2.45, 2.75) is 25.7 Å². The first kappa shape index (κ1) is 22.4. The molecule has 164 valence electrons. The number of aromatic nitrogens is 3. The van der Waals surface area contributed by atoms with E-state index in [1.165, 1.54) is 40.3 Å². The van der Waals surface area contributed by atoms with Gasteiger partial charge in [-0.3, -0.25) is 19.1 Å². The van der Waals surface area contributed by atoms with Crippen LogP contribution in [0.2, 0.25) is 0 Å². The second kappa shape index (κ2) is 8.44. The maximum Gasteiger partial charge on any atom is 0.329 e. The van der Waals surface area contributed by atoms with Crippen LogP contribution >= 0.6 is 0 Å². The molecule has 0 unspecified atom stereocenters. The summed E-state index contributed by atoms with van der Waals surface area (Å²) in [6.45, 7) is 5.90. The Morgan fingerprint density at radius 3 is 2.52 bits per heavy atom. The number of hydrogen-bond acceptors (Lipinski definition) is 6. The van der Waals surface area contributed by atoms with E-state index in [4.69, 9.17) is 0 Å². The maximum atomic E-state index is 12.8. The molecule has 1 amide bonds. The van der Waals surface area contributed by atoms with Crippen molar-refractivity contribution in [3.63, 3.8) is 0 Å². The Kier molecular flexibility index (Phi) is 6.09. The van der Waals surface area contributed by atoms with Gasteiger partial charge in [-0.25, -0.2) is 18.2 Å². The van der Waals surface area contributed by atoms with Crippen molar-refractivity contribution in [2.24, 2.45) is 7.05 Å². The highest BCUT2D eigenvalue weighted by Crippen LogP contribution is 2.23. The number of nitrogens with one attached hydrogen (secondary N) is 2. The molecule has 0 radical (unpaired) electrons. The fourth-order valence-corrected chi connectivity index (χ4v) is 4.65. The summed E-state index contributed by atoms with van der Waals surface area (Å²) in [5.74, 6) is -0.567. The molecule has 1 aromatic carbocycles. The molecule has 10 nitrogen and oxygen atoms in total. The van der Waals surface area contributed by atoms with Crippen LogP contribution in [-0.2, 0) is 17.1 Å². The Hall–Kier alpha value is -3.31. The minimum absolute atomic E-state index is 0.0696. The smallest absolute Gasteiger partial charge is 0.322 e. The molecule has 0 aliphatic carbocycles. The van der Waals surface area contributed by atoms with Crippen LogP contribution in [0.1, 0.15) is 29.8 Å². The Labute approximate surface area is 178 Å². The van der Waals surface area contributed by atoms with Gasteiger partial charge in [0.1, 0.15) is 5.65 Å². The number of pyridine rings is 1. The number of hydrogen-bond donors (Lipinski definition) is 2. The van der Waals surface area contributed by atoms with Crippen molar-refractivity contribution in [1.29, 1.82) is 0 Å². The Morgan fingerprint density at radius 1 is 1.19 bits per heavy atom. The highest BCUT2D eigenvalue weighted by molar-refractivity contribution is 7.89. The van der Waals surface area contributed by atoms with Gasteiger partial charge in [0.25, 0.3) is 11.5 Å². The molecular weight excluding hydrogens is 422 g/mol. The van der Waals surface area contributed by atoms with Gasteiger partial charge in [-0.15, -0.1) is 0 Å². The van der Waals surface area contributed by atoms with Gasteiger partial charge >= 0.3 is 5.69 Å². The minimum atomic E-state index is -3.69. The molecule has 2 aromatic heterocycles.